The lowest BCUT2D eigenvalue weighted by molar-refractivity contribution is -0.383. The summed E-state index contributed by atoms with van der Waals surface area (Å²) in [5.41, 5.74) is 2.06. The van der Waals surface area contributed by atoms with Gasteiger partial charge in [0, 0.05) is 16.0 Å². The summed E-state index contributed by atoms with van der Waals surface area (Å²) in [7, 11) is 0. The van der Waals surface area contributed by atoms with Crippen LogP contribution in [0, 0.1) is 17.0 Å². The second kappa shape index (κ2) is 8.97. The van der Waals surface area contributed by atoms with Gasteiger partial charge in [0.05, 0.1) is 17.5 Å². The number of hydrogen-bond donors (Lipinski definition) is 2. The van der Waals surface area contributed by atoms with Crippen molar-refractivity contribution in [2.45, 2.75) is 13.0 Å². The van der Waals surface area contributed by atoms with Crippen LogP contribution in [0.5, 0.6) is 0 Å². The molecular weight excluding hydrogens is 398 g/mol. The molecule has 0 unspecified atom stereocenters. The van der Waals surface area contributed by atoms with E-state index in [0.29, 0.717) is 5.02 Å². The van der Waals surface area contributed by atoms with E-state index in [1.807, 2.05) is 48.7 Å². The minimum absolute atomic E-state index is 0.0138. The highest BCUT2D eigenvalue weighted by Crippen LogP contribution is 2.28. The molecular formula is C20H18ClN3O3S. The third kappa shape index (κ3) is 4.95. The molecule has 1 aromatic heterocycles. The molecule has 3 aromatic rings. The molecule has 0 bridgehead atoms. The largest absolute Gasteiger partial charge is 0.319 e. The number of carbonyl (C=O) groups is 1. The molecule has 1 atom stereocenters. The fourth-order valence-corrected chi connectivity index (χ4v) is 3.75. The Balaban J connectivity index is 1.73. The van der Waals surface area contributed by atoms with Gasteiger partial charge < -0.3 is 5.32 Å². The summed E-state index contributed by atoms with van der Waals surface area (Å²) >= 11 is 7.50. The van der Waals surface area contributed by atoms with Gasteiger partial charge in [0.1, 0.15) is 5.69 Å². The van der Waals surface area contributed by atoms with Crippen molar-refractivity contribution in [2.24, 2.45) is 0 Å². The fourth-order valence-electron chi connectivity index (χ4n) is 2.75. The second-order valence-electron chi connectivity index (χ2n) is 6.21. The van der Waals surface area contributed by atoms with Crippen molar-refractivity contribution in [3.8, 4) is 0 Å². The first-order valence-corrected chi connectivity index (χ1v) is 9.77. The van der Waals surface area contributed by atoms with Gasteiger partial charge >= 0.3 is 0 Å². The Labute approximate surface area is 171 Å². The minimum atomic E-state index is -0.555. The molecule has 0 saturated carbocycles. The Morgan fingerprint density at radius 2 is 1.96 bits per heavy atom. The van der Waals surface area contributed by atoms with Gasteiger partial charge in [0.25, 0.3) is 5.69 Å². The summed E-state index contributed by atoms with van der Waals surface area (Å²) in [5, 5.41) is 19.2. The zero-order valence-corrected chi connectivity index (χ0v) is 16.6. The summed E-state index contributed by atoms with van der Waals surface area (Å²) in [6.07, 6.45) is 0. The molecule has 0 saturated heterocycles. The molecule has 1 amide bonds. The number of nitro groups is 1. The molecule has 144 valence electrons. The molecule has 3 rings (SSSR count). The topological polar surface area (TPSA) is 84.3 Å². The molecule has 0 aliphatic rings. The van der Waals surface area contributed by atoms with Gasteiger partial charge in [-0.2, -0.15) is 0 Å². The van der Waals surface area contributed by atoms with Crippen LogP contribution in [0.25, 0.3) is 0 Å². The Morgan fingerprint density at radius 1 is 1.21 bits per heavy atom. The number of thiophene rings is 1. The van der Waals surface area contributed by atoms with Crippen molar-refractivity contribution in [1.82, 2.24) is 5.32 Å². The third-order valence-electron chi connectivity index (χ3n) is 4.13. The summed E-state index contributed by atoms with van der Waals surface area (Å²) in [6, 6.07) is 15.9. The number of carbonyl (C=O) groups excluding carboxylic acids is 1. The van der Waals surface area contributed by atoms with E-state index in [1.165, 1.54) is 18.2 Å². The molecule has 28 heavy (non-hydrogen) atoms. The van der Waals surface area contributed by atoms with Gasteiger partial charge in [0.2, 0.25) is 5.91 Å². The number of aryl methyl sites for hydroxylation is 1. The van der Waals surface area contributed by atoms with Crippen LogP contribution in [-0.4, -0.2) is 17.4 Å². The Hall–Kier alpha value is -2.74. The van der Waals surface area contributed by atoms with Crippen molar-refractivity contribution >= 4 is 40.2 Å². The zero-order chi connectivity index (χ0) is 20.1. The van der Waals surface area contributed by atoms with Crippen LogP contribution in [0.4, 0.5) is 11.4 Å². The van der Waals surface area contributed by atoms with E-state index in [0.717, 1.165) is 16.0 Å². The van der Waals surface area contributed by atoms with Crippen LogP contribution >= 0.6 is 22.9 Å². The maximum Gasteiger partial charge on any atom is 0.292 e. The van der Waals surface area contributed by atoms with Crippen molar-refractivity contribution in [3.05, 3.63) is 91.1 Å². The first-order valence-electron chi connectivity index (χ1n) is 8.51. The monoisotopic (exact) mass is 415 g/mol. The van der Waals surface area contributed by atoms with Crippen molar-refractivity contribution in [1.29, 1.82) is 0 Å². The minimum Gasteiger partial charge on any atom is -0.319 e. The molecule has 1 heterocycles. The van der Waals surface area contributed by atoms with Crippen LogP contribution in [-0.2, 0) is 4.79 Å². The number of nitro benzene ring substituents is 1. The summed E-state index contributed by atoms with van der Waals surface area (Å²) in [5.74, 6) is -0.390. The summed E-state index contributed by atoms with van der Waals surface area (Å²) < 4.78 is 0. The van der Waals surface area contributed by atoms with Gasteiger partial charge in [-0.05, 0) is 36.1 Å². The lowest BCUT2D eigenvalue weighted by Crippen LogP contribution is -2.31. The molecule has 0 spiro atoms. The lowest BCUT2D eigenvalue weighted by Gasteiger charge is -2.18. The van der Waals surface area contributed by atoms with E-state index in [4.69, 9.17) is 11.6 Å². The van der Waals surface area contributed by atoms with Gasteiger partial charge in [-0.3, -0.25) is 20.2 Å². The number of amides is 1. The Kier molecular flexibility index (Phi) is 6.41. The van der Waals surface area contributed by atoms with E-state index in [1.54, 1.807) is 11.3 Å². The number of nitrogens with one attached hydrogen (secondary N) is 2. The van der Waals surface area contributed by atoms with Crippen molar-refractivity contribution in [2.75, 3.05) is 11.9 Å². The number of halogens is 1. The molecule has 6 nitrogen and oxygen atoms in total. The van der Waals surface area contributed by atoms with Crippen LogP contribution in [0.1, 0.15) is 22.0 Å². The number of rotatable bonds is 7. The predicted octanol–water partition coefficient (Wildman–Crippen LogP) is 4.94. The predicted molar refractivity (Wildman–Crippen MR) is 112 cm³/mol. The van der Waals surface area contributed by atoms with Crippen LogP contribution in [0.15, 0.2) is 60.0 Å². The van der Waals surface area contributed by atoms with Crippen molar-refractivity contribution in [3.63, 3.8) is 0 Å². The fraction of sp³-hybridized carbons (Fsp3) is 0.150. The highest BCUT2D eigenvalue weighted by atomic mass is 35.5. The Bertz CT molecular complexity index is 975. The van der Waals surface area contributed by atoms with Crippen LogP contribution in [0.2, 0.25) is 5.02 Å². The van der Waals surface area contributed by atoms with Crippen LogP contribution < -0.4 is 10.6 Å². The van der Waals surface area contributed by atoms with Gasteiger partial charge in [-0.15, -0.1) is 11.3 Å². The number of hydrogen-bond acceptors (Lipinski definition) is 5. The first-order chi connectivity index (χ1) is 13.4. The maximum atomic E-state index is 12.4. The van der Waals surface area contributed by atoms with E-state index >= 15 is 0 Å². The SMILES string of the molecule is Cc1ccc([C@H](NCC(=O)Nc2cc(Cl)ccc2[N+](=O)[O-])c2cccs2)cc1. The average molecular weight is 416 g/mol. The smallest absolute Gasteiger partial charge is 0.292 e. The average Bonchev–Trinajstić information content (AvgIpc) is 3.17. The van der Waals surface area contributed by atoms with E-state index in [-0.39, 0.29) is 29.9 Å². The first kappa shape index (κ1) is 20.0. The highest BCUT2D eigenvalue weighted by Gasteiger charge is 2.19. The van der Waals surface area contributed by atoms with Crippen molar-refractivity contribution < 1.29 is 9.72 Å². The van der Waals surface area contributed by atoms with Gasteiger partial charge in [-0.1, -0.05) is 47.5 Å². The second-order valence-corrected chi connectivity index (χ2v) is 7.62. The Morgan fingerprint density at radius 3 is 2.61 bits per heavy atom. The van der Waals surface area contributed by atoms with Gasteiger partial charge in [0.15, 0.2) is 0 Å². The number of benzene rings is 2. The van der Waals surface area contributed by atoms with E-state index in [9.17, 15) is 14.9 Å². The zero-order valence-electron chi connectivity index (χ0n) is 15.0. The molecule has 0 aliphatic carbocycles. The maximum absolute atomic E-state index is 12.4. The van der Waals surface area contributed by atoms with Crippen LogP contribution in [0.3, 0.4) is 0 Å². The third-order valence-corrected chi connectivity index (χ3v) is 5.31. The summed E-state index contributed by atoms with van der Waals surface area (Å²) in [4.78, 5) is 24.1. The number of nitrogens with zero attached hydrogens (tertiary/aromatic N) is 1. The van der Waals surface area contributed by atoms with E-state index in [2.05, 4.69) is 10.6 Å². The molecule has 0 radical (unpaired) electrons. The number of anilines is 1. The quantitative estimate of drug-likeness (QED) is 0.423. The standard InChI is InChI=1S/C20H18ClN3O3S/c1-13-4-6-14(7-5-13)20(18-3-2-10-28-18)22-12-19(25)23-16-11-15(21)8-9-17(16)24(26)27/h2-11,20,22H,12H2,1H3,(H,23,25)/t20-/m0/s1. The molecule has 0 fully saturated rings. The molecule has 2 aromatic carbocycles. The van der Waals surface area contributed by atoms with Gasteiger partial charge in [-0.25, -0.2) is 0 Å². The summed E-state index contributed by atoms with van der Waals surface area (Å²) in [6.45, 7) is 2.00. The van der Waals surface area contributed by atoms with E-state index < -0.39 is 4.92 Å². The normalized spacial score (nSPS) is 11.8. The highest BCUT2D eigenvalue weighted by molar-refractivity contribution is 7.10. The lowest BCUT2D eigenvalue weighted by atomic mass is 10.0. The molecule has 2 N–H and O–H groups in total. The molecule has 0 aliphatic heterocycles. The molecule has 8 heteroatoms.